The molecule has 8 nitrogen and oxygen atoms in total. The molecule has 0 radical (unpaired) electrons. The van der Waals surface area contributed by atoms with Crippen LogP contribution in [-0.2, 0) is 14.3 Å². The molecule has 178 valence electrons. The van der Waals surface area contributed by atoms with Crippen molar-refractivity contribution in [3.63, 3.8) is 0 Å². The van der Waals surface area contributed by atoms with Gasteiger partial charge < -0.3 is 24.8 Å². The van der Waals surface area contributed by atoms with Gasteiger partial charge in [0.2, 0.25) is 0 Å². The quantitative estimate of drug-likeness (QED) is 0.524. The monoisotopic (exact) mass is 463 g/mol. The molecule has 0 aromatic heterocycles. The second-order valence-corrected chi connectivity index (χ2v) is 7.96. The Hall–Kier alpha value is -3.62. The fourth-order valence-electron chi connectivity index (χ4n) is 4.23. The Morgan fingerprint density at radius 2 is 1.74 bits per heavy atom. The Labute approximate surface area is 198 Å². The molecule has 34 heavy (non-hydrogen) atoms. The van der Waals surface area contributed by atoms with Crippen LogP contribution in [0.2, 0.25) is 0 Å². The van der Waals surface area contributed by atoms with E-state index in [4.69, 9.17) is 14.2 Å². The van der Waals surface area contributed by atoms with Crippen molar-refractivity contribution in [3.8, 4) is 11.5 Å². The molecule has 1 atom stereocenters. The van der Waals surface area contributed by atoms with Gasteiger partial charge in [-0.25, -0.2) is 0 Å². The molecule has 0 aliphatic carbocycles. The lowest BCUT2D eigenvalue weighted by molar-refractivity contribution is -0.136. The number of amides is 2. The first-order chi connectivity index (χ1) is 16.6. The van der Waals surface area contributed by atoms with Crippen LogP contribution < -0.4 is 20.1 Å². The molecule has 3 aromatic carbocycles. The Morgan fingerprint density at radius 3 is 2.50 bits per heavy atom. The second-order valence-electron chi connectivity index (χ2n) is 7.96. The molecular weight excluding hydrogens is 434 g/mol. The van der Waals surface area contributed by atoms with Gasteiger partial charge in [0.25, 0.3) is 0 Å². The second kappa shape index (κ2) is 11.0. The zero-order valence-electron chi connectivity index (χ0n) is 19.4. The van der Waals surface area contributed by atoms with Gasteiger partial charge in [0.05, 0.1) is 39.2 Å². The van der Waals surface area contributed by atoms with Crippen LogP contribution in [-0.4, -0.2) is 63.8 Å². The average Bonchev–Trinajstić information content (AvgIpc) is 2.89. The molecule has 1 fully saturated rings. The summed E-state index contributed by atoms with van der Waals surface area (Å²) < 4.78 is 16.0. The fourth-order valence-corrected chi connectivity index (χ4v) is 4.23. The van der Waals surface area contributed by atoms with Crippen LogP contribution >= 0.6 is 0 Å². The van der Waals surface area contributed by atoms with Crippen molar-refractivity contribution in [3.05, 3.63) is 66.2 Å². The van der Waals surface area contributed by atoms with Crippen molar-refractivity contribution >= 4 is 28.3 Å². The number of benzene rings is 3. The van der Waals surface area contributed by atoms with E-state index in [-0.39, 0.29) is 12.6 Å². The summed E-state index contributed by atoms with van der Waals surface area (Å²) in [6, 6.07) is 19.2. The van der Waals surface area contributed by atoms with Gasteiger partial charge in [0.1, 0.15) is 11.5 Å². The molecular formula is C26H29N3O5. The molecule has 0 spiro atoms. The number of hydrogen-bond donors (Lipinski definition) is 2. The molecule has 0 saturated carbocycles. The maximum atomic E-state index is 12.7. The first-order valence-corrected chi connectivity index (χ1v) is 11.2. The largest absolute Gasteiger partial charge is 0.497 e. The van der Waals surface area contributed by atoms with Crippen molar-refractivity contribution < 1.29 is 23.8 Å². The predicted molar refractivity (Wildman–Crippen MR) is 130 cm³/mol. The lowest BCUT2D eigenvalue weighted by Crippen LogP contribution is -2.45. The smallest absolute Gasteiger partial charge is 0.313 e. The molecule has 1 unspecified atom stereocenters. The van der Waals surface area contributed by atoms with Gasteiger partial charge in [-0.05, 0) is 28.5 Å². The number of anilines is 1. The normalized spacial score (nSPS) is 14.9. The Kier molecular flexibility index (Phi) is 7.61. The first kappa shape index (κ1) is 23.5. The van der Waals surface area contributed by atoms with Gasteiger partial charge in [-0.3, -0.25) is 14.5 Å². The number of nitrogens with zero attached hydrogens (tertiary/aromatic N) is 1. The zero-order valence-corrected chi connectivity index (χ0v) is 19.4. The van der Waals surface area contributed by atoms with Gasteiger partial charge in [0.15, 0.2) is 0 Å². The summed E-state index contributed by atoms with van der Waals surface area (Å²) in [4.78, 5) is 27.7. The van der Waals surface area contributed by atoms with Crippen molar-refractivity contribution in [1.29, 1.82) is 0 Å². The number of rotatable bonds is 7. The van der Waals surface area contributed by atoms with Crippen LogP contribution in [0.1, 0.15) is 11.6 Å². The molecule has 1 aliphatic heterocycles. The molecule has 3 aromatic rings. The van der Waals surface area contributed by atoms with Gasteiger partial charge >= 0.3 is 11.8 Å². The maximum Gasteiger partial charge on any atom is 0.313 e. The third kappa shape index (κ3) is 5.30. The Bertz CT molecular complexity index is 1150. The summed E-state index contributed by atoms with van der Waals surface area (Å²) in [7, 11) is 3.02. The molecule has 2 N–H and O–H groups in total. The van der Waals surface area contributed by atoms with E-state index in [2.05, 4.69) is 39.8 Å². The maximum absolute atomic E-state index is 12.7. The van der Waals surface area contributed by atoms with Crippen molar-refractivity contribution in [2.24, 2.45) is 0 Å². The summed E-state index contributed by atoms with van der Waals surface area (Å²) in [5.74, 6) is -0.516. The number of morpholine rings is 1. The molecule has 1 heterocycles. The molecule has 1 aliphatic rings. The molecule has 8 heteroatoms. The van der Waals surface area contributed by atoms with Crippen LogP contribution in [0.5, 0.6) is 11.5 Å². The summed E-state index contributed by atoms with van der Waals surface area (Å²) in [6.45, 7) is 3.04. The molecule has 1 saturated heterocycles. The van der Waals surface area contributed by atoms with Crippen LogP contribution in [0, 0.1) is 0 Å². The Morgan fingerprint density at radius 1 is 0.971 bits per heavy atom. The van der Waals surface area contributed by atoms with Crippen LogP contribution in [0.4, 0.5) is 5.69 Å². The van der Waals surface area contributed by atoms with E-state index in [1.54, 1.807) is 18.2 Å². The van der Waals surface area contributed by atoms with Crippen LogP contribution in [0.25, 0.3) is 10.8 Å². The number of ether oxygens (including phenoxy) is 3. The van der Waals surface area contributed by atoms with Crippen LogP contribution in [0.15, 0.2) is 60.7 Å². The van der Waals surface area contributed by atoms with E-state index >= 15 is 0 Å². The highest BCUT2D eigenvalue weighted by molar-refractivity contribution is 6.39. The summed E-state index contributed by atoms with van der Waals surface area (Å²) in [5.41, 5.74) is 1.47. The van der Waals surface area contributed by atoms with E-state index < -0.39 is 11.8 Å². The molecule has 4 rings (SSSR count). The van der Waals surface area contributed by atoms with E-state index in [0.717, 1.165) is 29.4 Å². The van der Waals surface area contributed by atoms with Crippen LogP contribution in [0.3, 0.4) is 0 Å². The lowest BCUT2D eigenvalue weighted by Gasteiger charge is -2.35. The topological polar surface area (TPSA) is 89.1 Å². The number of carbonyl (C=O) groups is 2. The summed E-state index contributed by atoms with van der Waals surface area (Å²) in [5, 5.41) is 7.70. The SMILES string of the molecule is COc1ccc(OC)c(NC(=O)C(=O)NCC(c2cccc3ccccc23)N2CCOCC2)c1. The third-order valence-corrected chi connectivity index (χ3v) is 5.99. The minimum Gasteiger partial charge on any atom is -0.497 e. The number of nitrogens with one attached hydrogen (secondary N) is 2. The number of hydrogen-bond acceptors (Lipinski definition) is 6. The fraction of sp³-hybridized carbons (Fsp3) is 0.308. The van der Waals surface area contributed by atoms with Gasteiger partial charge in [0, 0.05) is 25.7 Å². The molecule has 0 bridgehead atoms. The summed E-state index contributed by atoms with van der Waals surface area (Å²) >= 11 is 0. The number of carbonyl (C=O) groups excluding carboxylic acids is 2. The average molecular weight is 464 g/mol. The van der Waals surface area contributed by atoms with E-state index in [9.17, 15) is 9.59 Å². The highest BCUT2D eigenvalue weighted by Crippen LogP contribution is 2.30. The standard InChI is InChI=1S/C26H29N3O5/c1-32-19-10-11-24(33-2)22(16-19)28-26(31)25(30)27-17-23(29-12-14-34-15-13-29)21-9-5-7-18-6-3-4-8-20(18)21/h3-11,16,23H,12-15,17H2,1-2H3,(H,27,30)(H,28,31). The van der Waals surface area contributed by atoms with E-state index in [1.165, 1.54) is 14.2 Å². The number of methoxy groups -OCH3 is 2. The molecule has 2 amide bonds. The van der Waals surface area contributed by atoms with Crippen molar-refractivity contribution in [1.82, 2.24) is 10.2 Å². The van der Waals surface area contributed by atoms with E-state index in [0.29, 0.717) is 30.4 Å². The predicted octanol–water partition coefficient (Wildman–Crippen LogP) is 2.99. The lowest BCUT2D eigenvalue weighted by atomic mass is 9.97. The van der Waals surface area contributed by atoms with Gasteiger partial charge in [-0.15, -0.1) is 0 Å². The first-order valence-electron chi connectivity index (χ1n) is 11.2. The van der Waals surface area contributed by atoms with Crippen molar-refractivity contribution in [2.75, 3.05) is 52.4 Å². The minimum absolute atomic E-state index is 0.0990. The third-order valence-electron chi connectivity index (χ3n) is 5.99. The highest BCUT2D eigenvalue weighted by Gasteiger charge is 2.26. The highest BCUT2D eigenvalue weighted by atomic mass is 16.5. The van der Waals surface area contributed by atoms with E-state index in [1.807, 2.05) is 18.2 Å². The van der Waals surface area contributed by atoms with Gasteiger partial charge in [-0.2, -0.15) is 0 Å². The zero-order chi connectivity index (χ0) is 23.9. The summed E-state index contributed by atoms with van der Waals surface area (Å²) in [6.07, 6.45) is 0. The number of fused-ring (bicyclic) bond motifs is 1. The Balaban J connectivity index is 1.51. The van der Waals surface area contributed by atoms with Gasteiger partial charge in [-0.1, -0.05) is 42.5 Å². The minimum atomic E-state index is -0.773. The van der Waals surface area contributed by atoms with Crippen molar-refractivity contribution in [2.45, 2.75) is 6.04 Å².